The number of rotatable bonds is 3. The first-order valence-corrected chi connectivity index (χ1v) is 8.30. The first-order valence-electron chi connectivity index (χ1n) is 8.30. The molecule has 2 aromatic heterocycles. The Morgan fingerprint density at radius 1 is 1.24 bits per heavy atom. The molecule has 0 radical (unpaired) electrons. The van der Waals surface area contributed by atoms with E-state index in [2.05, 4.69) is 15.0 Å². The maximum Gasteiger partial charge on any atom is 0.219 e. The Labute approximate surface area is 145 Å². The normalized spacial score (nSPS) is 14.5. The van der Waals surface area contributed by atoms with E-state index in [1.807, 2.05) is 31.2 Å². The van der Waals surface area contributed by atoms with E-state index in [9.17, 15) is 9.50 Å². The van der Waals surface area contributed by atoms with Crippen molar-refractivity contribution in [3.05, 3.63) is 70.8 Å². The summed E-state index contributed by atoms with van der Waals surface area (Å²) in [5, 5.41) is 15.0. The molecule has 0 unspecified atom stereocenters. The van der Waals surface area contributed by atoms with Crippen LogP contribution in [-0.2, 0) is 19.5 Å². The lowest BCUT2D eigenvalue weighted by molar-refractivity contribution is 0.241. The van der Waals surface area contributed by atoms with Crippen molar-refractivity contribution in [2.45, 2.75) is 26.4 Å². The van der Waals surface area contributed by atoms with Crippen LogP contribution < -0.4 is 0 Å². The van der Waals surface area contributed by atoms with E-state index >= 15 is 0 Å². The van der Waals surface area contributed by atoms with Gasteiger partial charge in [0.25, 0.3) is 0 Å². The molecule has 0 aliphatic carbocycles. The highest BCUT2D eigenvalue weighted by molar-refractivity contribution is 5.38. The van der Waals surface area contributed by atoms with Crippen molar-refractivity contribution in [2.75, 3.05) is 6.54 Å². The van der Waals surface area contributed by atoms with E-state index in [1.165, 1.54) is 10.7 Å². The third kappa shape index (κ3) is 3.13. The van der Waals surface area contributed by atoms with Crippen molar-refractivity contribution >= 4 is 0 Å². The van der Waals surface area contributed by atoms with Gasteiger partial charge in [-0.25, -0.2) is 9.37 Å². The lowest BCUT2D eigenvalue weighted by Gasteiger charge is -2.26. The third-order valence-electron chi connectivity index (χ3n) is 4.47. The summed E-state index contributed by atoms with van der Waals surface area (Å²) < 4.78 is 15.1. The molecular formula is C19H19FN4O. The van der Waals surface area contributed by atoms with Crippen molar-refractivity contribution < 1.29 is 9.50 Å². The van der Waals surface area contributed by atoms with Gasteiger partial charge < -0.3 is 5.11 Å². The summed E-state index contributed by atoms with van der Waals surface area (Å²) in [5.41, 5.74) is 3.60. The van der Waals surface area contributed by atoms with Gasteiger partial charge in [-0.05, 0) is 48.7 Å². The zero-order chi connectivity index (χ0) is 17.4. The van der Waals surface area contributed by atoms with Crippen molar-refractivity contribution in [3.8, 4) is 11.7 Å². The second-order valence-electron chi connectivity index (χ2n) is 6.45. The minimum atomic E-state index is -0.204. The second kappa shape index (κ2) is 6.29. The van der Waals surface area contributed by atoms with Gasteiger partial charge in [-0.1, -0.05) is 12.1 Å². The molecule has 3 aromatic rings. The number of pyridine rings is 1. The third-order valence-corrected chi connectivity index (χ3v) is 4.47. The van der Waals surface area contributed by atoms with E-state index in [0.29, 0.717) is 25.3 Å². The highest BCUT2D eigenvalue weighted by Crippen LogP contribution is 2.29. The zero-order valence-electron chi connectivity index (χ0n) is 14.0. The highest BCUT2D eigenvalue weighted by atomic mass is 19.1. The predicted molar refractivity (Wildman–Crippen MR) is 92.0 cm³/mol. The van der Waals surface area contributed by atoms with Crippen LogP contribution in [0.4, 0.5) is 4.39 Å². The van der Waals surface area contributed by atoms with Gasteiger partial charge in [-0.2, -0.15) is 9.78 Å². The standard InChI is InChI=1S/C19H19FN4O/c1-13-8-14(10-15(20)9-13)11-23-7-5-16-17(12-23)22-24(19(16)25)18-4-2-3-6-21-18/h2-4,6,8-10,25H,5,7,11-12H2,1H3. The van der Waals surface area contributed by atoms with Gasteiger partial charge >= 0.3 is 0 Å². The smallest absolute Gasteiger partial charge is 0.219 e. The molecular weight excluding hydrogens is 319 g/mol. The Morgan fingerprint density at radius 3 is 2.88 bits per heavy atom. The molecule has 0 amide bonds. The Morgan fingerprint density at radius 2 is 2.12 bits per heavy atom. The van der Waals surface area contributed by atoms with Crippen molar-refractivity contribution in [1.29, 1.82) is 0 Å². The number of nitrogens with zero attached hydrogens (tertiary/aromatic N) is 4. The zero-order valence-corrected chi connectivity index (χ0v) is 14.0. The van der Waals surface area contributed by atoms with Crippen LogP contribution in [0.3, 0.4) is 0 Å². The van der Waals surface area contributed by atoms with Gasteiger partial charge in [0, 0.05) is 31.4 Å². The molecule has 1 aliphatic heterocycles. The number of fused-ring (bicyclic) bond motifs is 1. The molecule has 1 aromatic carbocycles. The van der Waals surface area contributed by atoms with Crippen LogP contribution in [0, 0.1) is 12.7 Å². The summed E-state index contributed by atoms with van der Waals surface area (Å²) in [6.07, 6.45) is 2.39. The van der Waals surface area contributed by atoms with Crippen molar-refractivity contribution in [2.24, 2.45) is 0 Å². The molecule has 1 N–H and O–H groups in total. The summed E-state index contributed by atoms with van der Waals surface area (Å²) in [5.74, 6) is 0.557. The summed E-state index contributed by atoms with van der Waals surface area (Å²) in [6.45, 7) is 3.98. The Bertz CT molecular complexity index is 887. The topological polar surface area (TPSA) is 54.2 Å². The molecule has 25 heavy (non-hydrogen) atoms. The van der Waals surface area contributed by atoms with E-state index in [0.717, 1.165) is 28.9 Å². The van der Waals surface area contributed by atoms with Gasteiger partial charge in [-0.3, -0.25) is 4.90 Å². The van der Waals surface area contributed by atoms with Crippen molar-refractivity contribution in [1.82, 2.24) is 19.7 Å². The van der Waals surface area contributed by atoms with Crippen molar-refractivity contribution in [3.63, 3.8) is 0 Å². The lowest BCUT2D eigenvalue weighted by Crippen LogP contribution is -2.29. The molecule has 0 atom stereocenters. The molecule has 0 saturated carbocycles. The minimum Gasteiger partial charge on any atom is -0.493 e. The summed E-state index contributed by atoms with van der Waals surface area (Å²) in [6, 6.07) is 10.6. The van der Waals surface area contributed by atoms with Crippen LogP contribution in [0.25, 0.3) is 5.82 Å². The monoisotopic (exact) mass is 338 g/mol. The molecule has 5 nitrogen and oxygen atoms in total. The molecule has 128 valence electrons. The molecule has 0 bridgehead atoms. The fourth-order valence-electron chi connectivity index (χ4n) is 3.36. The number of hydrogen-bond acceptors (Lipinski definition) is 4. The fourth-order valence-corrected chi connectivity index (χ4v) is 3.36. The number of benzene rings is 1. The number of hydrogen-bond donors (Lipinski definition) is 1. The Kier molecular flexibility index (Phi) is 3.97. The van der Waals surface area contributed by atoms with Gasteiger partial charge in [0.05, 0.1) is 5.69 Å². The number of aromatic nitrogens is 3. The Hall–Kier alpha value is -2.73. The second-order valence-corrected chi connectivity index (χ2v) is 6.45. The highest BCUT2D eigenvalue weighted by Gasteiger charge is 2.25. The van der Waals surface area contributed by atoms with Gasteiger partial charge in [0.2, 0.25) is 5.88 Å². The first-order chi connectivity index (χ1) is 12.1. The number of aromatic hydroxyl groups is 1. The van der Waals surface area contributed by atoms with E-state index in [4.69, 9.17) is 0 Å². The minimum absolute atomic E-state index is 0.162. The quantitative estimate of drug-likeness (QED) is 0.798. The molecule has 0 saturated heterocycles. The van der Waals surface area contributed by atoms with Crippen LogP contribution in [0.15, 0.2) is 42.6 Å². The van der Waals surface area contributed by atoms with Gasteiger partial charge in [0.1, 0.15) is 5.82 Å². The number of aryl methyl sites for hydroxylation is 1. The van der Waals surface area contributed by atoms with Crippen LogP contribution in [0.1, 0.15) is 22.4 Å². The molecule has 3 heterocycles. The maximum atomic E-state index is 13.6. The molecule has 1 aliphatic rings. The lowest BCUT2D eigenvalue weighted by atomic mass is 10.1. The molecule has 4 rings (SSSR count). The summed E-state index contributed by atoms with van der Waals surface area (Å²) in [7, 11) is 0. The van der Waals surface area contributed by atoms with E-state index < -0.39 is 0 Å². The molecule has 0 spiro atoms. The van der Waals surface area contributed by atoms with Gasteiger partial charge in [-0.15, -0.1) is 0 Å². The summed E-state index contributed by atoms with van der Waals surface area (Å²) in [4.78, 5) is 6.46. The van der Waals surface area contributed by atoms with Crippen LogP contribution >= 0.6 is 0 Å². The number of halogens is 1. The molecule has 0 fully saturated rings. The van der Waals surface area contributed by atoms with Crippen LogP contribution in [0.5, 0.6) is 5.88 Å². The van der Waals surface area contributed by atoms with E-state index in [-0.39, 0.29) is 11.7 Å². The Balaban J connectivity index is 1.57. The fraction of sp³-hybridized carbons (Fsp3) is 0.263. The summed E-state index contributed by atoms with van der Waals surface area (Å²) >= 11 is 0. The SMILES string of the molecule is Cc1cc(F)cc(CN2CCc3c(nn(-c4ccccn4)c3O)C2)c1. The average molecular weight is 338 g/mol. The largest absolute Gasteiger partial charge is 0.493 e. The van der Waals surface area contributed by atoms with Crippen LogP contribution in [0.2, 0.25) is 0 Å². The first kappa shape index (κ1) is 15.8. The average Bonchev–Trinajstić information content (AvgIpc) is 2.91. The van der Waals surface area contributed by atoms with Gasteiger partial charge in [0.15, 0.2) is 5.82 Å². The molecule has 6 heteroatoms. The predicted octanol–water partition coefficient (Wildman–Crippen LogP) is 2.98. The van der Waals surface area contributed by atoms with Crippen LogP contribution in [-0.4, -0.2) is 31.3 Å². The van der Waals surface area contributed by atoms with E-state index in [1.54, 1.807) is 12.3 Å². The maximum absolute atomic E-state index is 13.6.